The van der Waals surface area contributed by atoms with E-state index in [1.807, 2.05) is 0 Å². The molecule has 1 atom stereocenters. The van der Waals surface area contributed by atoms with E-state index in [1.165, 1.54) is 12.3 Å². The molecule has 4 heterocycles. The van der Waals surface area contributed by atoms with Gasteiger partial charge < -0.3 is 19.6 Å². The molecule has 1 unspecified atom stereocenters. The number of H-pyrrole nitrogens is 1. The summed E-state index contributed by atoms with van der Waals surface area (Å²) in [6.45, 7) is 2.71. The van der Waals surface area contributed by atoms with Gasteiger partial charge in [0, 0.05) is 28.8 Å². The van der Waals surface area contributed by atoms with Crippen LogP contribution in [0.3, 0.4) is 0 Å². The second-order valence-electron chi connectivity index (χ2n) is 8.51. The summed E-state index contributed by atoms with van der Waals surface area (Å²) in [4.78, 5) is 24.1. The third kappa shape index (κ3) is 6.00. The maximum Gasteiger partial charge on any atom is 0.434 e. The Labute approximate surface area is 217 Å². The van der Waals surface area contributed by atoms with Crippen molar-refractivity contribution in [1.29, 1.82) is 0 Å². The quantitative estimate of drug-likeness (QED) is 0.216. The predicted octanol–water partition coefficient (Wildman–Crippen LogP) is 3.72. The number of halogens is 3. The number of rotatable bonds is 10. The van der Waals surface area contributed by atoms with Crippen molar-refractivity contribution in [3.05, 3.63) is 46.0 Å². The van der Waals surface area contributed by atoms with Crippen molar-refractivity contribution in [2.75, 3.05) is 18.5 Å². The van der Waals surface area contributed by atoms with Gasteiger partial charge in [-0.25, -0.2) is 24.8 Å². The van der Waals surface area contributed by atoms with E-state index in [-0.39, 0.29) is 28.3 Å². The smallest absolute Gasteiger partial charge is 0.434 e. The first-order valence-electron chi connectivity index (χ1n) is 11.6. The van der Waals surface area contributed by atoms with Gasteiger partial charge >= 0.3 is 11.9 Å². The Morgan fingerprint density at radius 3 is 2.74 bits per heavy atom. The predicted molar refractivity (Wildman–Crippen MR) is 131 cm³/mol. The normalized spacial score (nSPS) is 14.4. The van der Waals surface area contributed by atoms with E-state index in [2.05, 4.69) is 35.8 Å². The van der Waals surface area contributed by atoms with E-state index >= 15 is 0 Å². The maximum absolute atomic E-state index is 13.3. The van der Waals surface area contributed by atoms with Crippen molar-refractivity contribution in [2.45, 2.75) is 32.3 Å². The van der Waals surface area contributed by atoms with Crippen molar-refractivity contribution >= 4 is 17.2 Å². The molecule has 0 aromatic carbocycles. The summed E-state index contributed by atoms with van der Waals surface area (Å²) in [6, 6.07) is 4.67. The van der Waals surface area contributed by atoms with Crippen molar-refractivity contribution in [3.8, 4) is 39.2 Å². The number of pyridine rings is 2. The first-order chi connectivity index (χ1) is 18.2. The van der Waals surface area contributed by atoms with Crippen LogP contribution < -0.4 is 21.1 Å². The number of alkyl halides is 3. The Kier molecular flexibility index (Phi) is 7.14. The maximum atomic E-state index is 13.3. The van der Waals surface area contributed by atoms with E-state index < -0.39 is 24.0 Å². The number of aromatic amines is 1. The number of ether oxygens (including phenoxy) is 1. The second kappa shape index (κ2) is 10.5. The third-order valence-corrected chi connectivity index (χ3v) is 6.42. The number of aliphatic hydroxyl groups is 1. The summed E-state index contributed by atoms with van der Waals surface area (Å²) in [5.74, 6) is 0.00383. The van der Waals surface area contributed by atoms with Gasteiger partial charge in [-0.3, -0.25) is 5.32 Å². The molecule has 11 nitrogen and oxygen atoms in total. The van der Waals surface area contributed by atoms with Gasteiger partial charge in [0.2, 0.25) is 5.88 Å². The Bertz CT molecular complexity index is 1480. The molecule has 4 N–H and O–H groups in total. The molecular formula is C23H22F3N7O4S. The topological polar surface area (TPSA) is 151 Å². The van der Waals surface area contributed by atoms with Crippen molar-refractivity contribution in [3.63, 3.8) is 0 Å². The number of anilines is 1. The standard InChI is InChI=1S/C23H22F3N7O4S/c1-2-27-21(34)31-17-7-13(20-30-16(10-38-20)23(24,25)26)14(8-28-17)12-5-15(19-32-33-22(35)37-19)29-18(6-12)36-9-11-3-4-11/h5-8,10-11,21,27,34H,2-4,9H2,1H3,(H,28,31)(H,33,35). The van der Waals surface area contributed by atoms with Crippen LogP contribution in [0, 0.1) is 5.92 Å². The van der Waals surface area contributed by atoms with Gasteiger partial charge in [-0.2, -0.15) is 13.2 Å². The molecule has 4 aromatic heterocycles. The molecule has 1 aliphatic rings. The van der Waals surface area contributed by atoms with Gasteiger partial charge in [-0.1, -0.05) is 6.92 Å². The Morgan fingerprint density at radius 1 is 1.26 bits per heavy atom. The lowest BCUT2D eigenvalue weighted by atomic mass is 10.0. The van der Waals surface area contributed by atoms with E-state index in [0.29, 0.717) is 35.8 Å². The van der Waals surface area contributed by atoms with E-state index in [0.717, 1.165) is 29.6 Å². The minimum absolute atomic E-state index is 0.0803. The molecule has 0 aliphatic heterocycles. The highest BCUT2D eigenvalue weighted by Crippen LogP contribution is 2.40. The lowest BCUT2D eigenvalue weighted by molar-refractivity contribution is -0.140. The first-order valence-corrected chi connectivity index (χ1v) is 12.5. The lowest BCUT2D eigenvalue weighted by Gasteiger charge is -2.16. The largest absolute Gasteiger partial charge is 0.477 e. The van der Waals surface area contributed by atoms with Crippen LogP contribution >= 0.6 is 11.3 Å². The second-order valence-corrected chi connectivity index (χ2v) is 9.37. The van der Waals surface area contributed by atoms with Crippen LogP contribution in [0.1, 0.15) is 25.5 Å². The number of hydrogen-bond donors (Lipinski definition) is 4. The van der Waals surface area contributed by atoms with Gasteiger partial charge in [0.15, 0.2) is 12.0 Å². The van der Waals surface area contributed by atoms with Crippen LogP contribution in [0.2, 0.25) is 0 Å². The number of thiazole rings is 1. The van der Waals surface area contributed by atoms with Gasteiger partial charge in [0.05, 0.1) is 6.61 Å². The Balaban J connectivity index is 1.61. The highest BCUT2D eigenvalue weighted by Gasteiger charge is 2.34. The minimum atomic E-state index is -4.62. The molecular weight excluding hydrogens is 527 g/mol. The molecule has 0 saturated heterocycles. The van der Waals surface area contributed by atoms with Crippen LogP contribution in [0.25, 0.3) is 33.3 Å². The summed E-state index contributed by atoms with van der Waals surface area (Å²) in [5.41, 5.74) is 0.355. The fourth-order valence-electron chi connectivity index (χ4n) is 3.52. The van der Waals surface area contributed by atoms with Crippen LogP contribution in [0.15, 0.2) is 39.0 Å². The molecule has 15 heteroatoms. The SMILES string of the molecule is CCNC(O)Nc1cc(-c2nc(C(F)(F)F)cs2)c(-c2cc(OCC3CC3)nc(-c3n[nH]c(=O)o3)c2)cn1. The molecule has 0 spiro atoms. The van der Waals surface area contributed by atoms with Gasteiger partial charge in [0.1, 0.15) is 16.5 Å². The first kappa shape index (κ1) is 25.8. The molecule has 1 aliphatic carbocycles. The fraction of sp³-hybridized carbons (Fsp3) is 0.348. The number of nitrogens with one attached hydrogen (secondary N) is 3. The molecule has 1 saturated carbocycles. The molecule has 5 rings (SSSR count). The van der Waals surface area contributed by atoms with Crippen LogP contribution in [-0.4, -0.2) is 49.8 Å². The molecule has 0 bridgehead atoms. The number of aromatic nitrogens is 5. The Hall–Kier alpha value is -3.82. The molecule has 0 radical (unpaired) electrons. The van der Waals surface area contributed by atoms with Crippen LogP contribution in [-0.2, 0) is 6.18 Å². The van der Waals surface area contributed by atoms with Gasteiger partial charge in [0.25, 0.3) is 5.89 Å². The lowest BCUT2D eigenvalue weighted by Crippen LogP contribution is -2.35. The number of aliphatic hydroxyl groups excluding tert-OH is 1. The van der Waals surface area contributed by atoms with Crippen LogP contribution in [0.4, 0.5) is 19.0 Å². The minimum Gasteiger partial charge on any atom is -0.477 e. The third-order valence-electron chi connectivity index (χ3n) is 5.54. The highest BCUT2D eigenvalue weighted by molar-refractivity contribution is 7.13. The highest BCUT2D eigenvalue weighted by atomic mass is 32.1. The number of nitrogens with zero attached hydrogens (tertiary/aromatic N) is 4. The molecule has 38 heavy (non-hydrogen) atoms. The fourth-order valence-corrected chi connectivity index (χ4v) is 4.38. The monoisotopic (exact) mass is 549 g/mol. The summed E-state index contributed by atoms with van der Waals surface area (Å²) in [5, 5.41) is 22.6. The van der Waals surface area contributed by atoms with Gasteiger partial charge in [-0.15, -0.1) is 16.4 Å². The zero-order chi connectivity index (χ0) is 26.9. The molecule has 1 fully saturated rings. The van der Waals surface area contributed by atoms with Crippen LogP contribution in [0.5, 0.6) is 5.88 Å². The summed E-state index contributed by atoms with van der Waals surface area (Å²) >= 11 is 0.818. The van der Waals surface area contributed by atoms with E-state index in [1.54, 1.807) is 19.1 Å². The van der Waals surface area contributed by atoms with E-state index in [9.17, 15) is 23.1 Å². The zero-order valence-electron chi connectivity index (χ0n) is 19.9. The summed E-state index contributed by atoms with van der Waals surface area (Å²) in [6.07, 6.45) is -2.21. The van der Waals surface area contributed by atoms with Gasteiger partial charge in [-0.05, 0) is 43.0 Å². The average molecular weight is 550 g/mol. The molecule has 0 amide bonds. The summed E-state index contributed by atoms with van der Waals surface area (Å²) < 4.78 is 50.9. The summed E-state index contributed by atoms with van der Waals surface area (Å²) in [7, 11) is 0. The zero-order valence-corrected chi connectivity index (χ0v) is 20.7. The average Bonchev–Trinajstić information content (AvgIpc) is 3.37. The van der Waals surface area contributed by atoms with Crippen molar-refractivity contribution < 1.29 is 27.4 Å². The van der Waals surface area contributed by atoms with Crippen molar-refractivity contribution in [2.24, 2.45) is 5.92 Å². The van der Waals surface area contributed by atoms with Crippen molar-refractivity contribution in [1.82, 2.24) is 30.5 Å². The molecule has 200 valence electrons. The molecule has 4 aromatic rings. The Morgan fingerprint density at radius 2 is 2.08 bits per heavy atom. The van der Waals surface area contributed by atoms with E-state index in [4.69, 9.17) is 9.15 Å². The number of hydrogen-bond acceptors (Lipinski definition) is 11.